The molecular weight excluding hydrogens is 522 g/mol. The third kappa shape index (κ3) is 5.03. The number of carbonyl (C=O) groups excluding carboxylic acids is 2. The lowest BCUT2D eigenvalue weighted by molar-refractivity contribution is -0.385. The standard InChI is InChI=1S/C20H22ClN5O9S/c1-23-17(22)16(18(28)24(2)20(23)30)14(27)10-35-19(29)11-5-7-25(8-6-11)36(33,34)15-9-12(26(31)32)3-4-13(15)21/h3-4,9,11H,5-8,10,22H2,1-2H3. The fourth-order valence-corrected chi connectivity index (χ4v) is 5.69. The number of nitrogens with two attached hydrogens (primary N) is 1. The smallest absolute Gasteiger partial charge is 0.332 e. The number of ether oxygens (including phenoxy) is 1. The Kier molecular flexibility index (Phi) is 7.66. The molecule has 16 heteroatoms. The summed E-state index contributed by atoms with van der Waals surface area (Å²) in [6.45, 7) is -0.981. The van der Waals surface area contributed by atoms with Gasteiger partial charge in [-0.1, -0.05) is 11.6 Å². The molecule has 14 nitrogen and oxygen atoms in total. The van der Waals surface area contributed by atoms with Gasteiger partial charge in [-0.25, -0.2) is 13.2 Å². The van der Waals surface area contributed by atoms with Crippen molar-refractivity contribution in [1.82, 2.24) is 13.4 Å². The highest BCUT2D eigenvalue weighted by Crippen LogP contribution is 2.31. The second-order valence-electron chi connectivity index (χ2n) is 8.05. The van der Waals surface area contributed by atoms with E-state index >= 15 is 0 Å². The van der Waals surface area contributed by atoms with Gasteiger partial charge in [-0.05, 0) is 18.9 Å². The Morgan fingerprint density at radius 1 is 1.19 bits per heavy atom. The molecule has 36 heavy (non-hydrogen) atoms. The van der Waals surface area contributed by atoms with Crippen LogP contribution in [-0.4, -0.2) is 58.2 Å². The number of hydrogen-bond donors (Lipinski definition) is 1. The highest BCUT2D eigenvalue weighted by Gasteiger charge is 2.35. The van der Waals surface area contributed by atoms with Crippen molar-refractivity contribution in [2.75, 3.05) is 25.4 Å². The molecule has 0 radical (unpaired) electrons. The van der Waals surface area contributed by atoms with E-state index in [4.69, 9.17) is 22.1 Å². The molecule has 0 saturated carbocycles. The van der Waals surface area contributed by atoms with Crippen LogP contribution in [-0.2, 0) is 33.7 Å². The summed E-state index contributed by atoms with van der Waals surface area (Å²) < 4.78 is 33.6. The third-order valence-electron chi connectivity index (χ3n) is 5.86. The SMILES string of the molecule is Cn1c(N)c(C(=O)COC(=O)C2CCN(S(=O)(=O)c3cc([N+](=O)[O-])ccc3Cl)CC2)c(=O)n(C)c1=O. The van der Waals surface area contributed by atoms with Crippen LogP contribution in [0.3, 0.4) is 0 Å². The summed E-state index contributed by atoms with van der Waals surface area (Å²) in [5, 5.41) is 10.8. The van der Waals surface area contributed by atoms with Gasteiger partial charge in [0.05, 0.1) is 15.9 Å². The number of hydrogen-bond acceptors (Lipinski definition) is 10. The van der Waals surface area contributed by atoms with Gasteiger partial charge in [-0.15, -0.1) is 0 Å². The van der Waals surface area contributed by atoms with Crippen LogP contribution in [0.25, 0.3) is 0 Å². The van der Waals surface area contributed by atoms with E-state index in [-0.39, 0.29) is 36.8 Å². The summed E-state index contributed by atoms with van der Waals surface area (Å²) >= 11 is 5.97. The first-order valence-corrected chi connectivity index (χ1v) is 12.3. The van der Waals surface area contributed by atoms with Gasteiger partial charge in [0.25, 0.3) is 11.2 Å². The van der Waals surface area contributed by atoms with E-state index in [2.05, 4.69) is 0 Å². The van der Waals surface area contributed by atoms with Crippen molar-refractivity contribution >= 4 is 44.9 Å². The minimum absolute atomic E-state index is 0.0581. The zero-order chi connectivity index (χ0) is 26.9. The molecule has 0 spiro atoms. The summed E-state index contributed by atoms with van der Waals surface area (Å²) in [5.74, 6) is -2.75. The summed E-state index contributed by atoms with van der Waals surface area (Å²) in [4.78, 5) is 59.0. The maximum absolute atomic E-state index is 13.0. The van der Waals surface area contributed by atoms with E-state index in [0.29, 0.717) is 4.57 Å². The Morgan fingerprint density at radius 3 is 2.39 bits per heavy atom. The van der Waals surface area contributed by atoms with E-state index in [1.54, 1.807) is 0 Å². The monoisotopic (exact) mass is 543 g/mol. The molecule has 1 aliphatic rings. The van der Waals surface area contributed by atoms with Crippen LogP contribution in [0.1, 0.15) is 23.2 Å². The number of nitro groups is 1. The Morgan fingerprint density at radius 2 is 1.81 bits per heavy atom. The number of esters is 1. The molecule has 0 aliphatic carbocycles. The van der Waals surface area contributed by atoms with Crippen LogP contribution in [0.5, 0.6) is 0 Å². The molecule has 0 bridgehead atoms. The first kappa shape index (κ1) is 27.0. The van der Waals surface area contributed by atoms with E-state index in [1.807, 2.05) is 0 Å². The fraction of sp³-hybridized carbons (Fsp3) is 0.400. The maximum Gasteiger partial charge on any atom is 0.332 e. The fourth-order valence-electron chi connectivity index (χ4n) is 3.72. The Hall–Kier alpha value is -3.56. The number of carbonyl (C=O) groups is 2. The van der Waals surface area contributed by atoms with Gasteiger partial charge in [0.1, 0.15) is 16.3 Å². The number of aromatic nitrogens is 2. The minimum Gasteiger partial charge on any atom is -0.457 e. The van der Waals surface area contributed by atoms with Gasteiger partial charge in [-0.2, -0.15) is 4.31 Å². The molecular formula is C20H22ClN5O9S. The Balaban J connectivity index is 1.66. The van der Waals surface area contributed by atoms with Gasteiger partial charge < -0.3 is 10.5 Å². The Bertz CT molecular complexity index is 1470. The van der Waals surface area contributed by atoms with Crippen LogP contribution in [0, 0.1) is 16.0 Å². The van der Waals surface area contributed by atoms with Gasteiger partial charge in [-0.3, -0.25) is 33.6 Å². The van der Waals surface area contributed by atoms with Crippen LogP contribution < -0.4 is 17.0 Å². The number of Topliss-reactive ketones (excluding diaryl/α,β-unsaturated/α-hetero) is 1. The molecule has 2 heterocycles. The highest BCUT2D eigenvalue weighted by molar-refractivity contribution is 7.89. The van der Waals surface area contributed by atoms with Crippen molar-refractivity contribution in [3.8, 4) is 0 Å². The zero-order valence-corrected chi connectivity index (χ0v) is 20.7. The van der Waals surface area contributed by atoms with E-state index in [9.17, 15) is 37.7 Å². The third-order valence-corrected chi connectivity index (χ3v) is 8.25. The number of halogens is 1. The molecule has 194 valence electrons. The zero-order valence-electron chi connectivity index (χ0n) is 19.2. The first-order valence-electron chi connectivity index (χ1n) is 10.5. The predicted octanol–water partition coefficient (Wildman–Crippen LogP) is 0.0546. The molecule has 2 N–H and O–H groups in total. The highest BCUT2D eigenvalue weighted by atomic mass is 35.5. The molecule has 1 fully saturated rings. The number of non-ortho nitro benzene ring substituents is 1. The molecule has 3 rings (SSSR count). The lowest BCUT2D eigenvalue weighted by Gasteiger charge is -2.30. The van der Waals surface area contributed by atoms with Crippen LogP contribution in [0.15, 0.2) is 32.7 Å². The van der Waals surface area contributed by atoms with E-state index < -0.39 is 66.6 Å². The molecule has 1 aromatic carbocycles. The normalized spacial score (nSPS) is 15.0. The van der Waals surface area contributed by atoms with Gasteiger partial charge in [0, 0.05) is 39.3 Å². The summed E-state index contributed by atoms with van der Waals surface area (Å²) in [6, 6.07) is 3.08. The topological polar surface area (TPSA) is 194 Å². The average molecular weight is 544 g/mol. The molecule has 0 atom stereocenters. The van der Waals surface area contributed by atoms with Crippen molar-refractivity contribution in [3.63, 3.8) is 0 Å². The number of piperidine rings is 1. The molecule has 0 amide bonds. The van der Waals surface area contributed by atoms with Gasteiger partial charge in [0.2, 0.25) is 15.8 Å². The second-order valence-corrected chi connectivity index (χ2v) is 10.4. The average Bonchev–Trinajstić information content (AvgIpc) is 2.85. The first-order chi connectivity index (χ1) is 16.8. The van der Waals surface area contributed by atoms with Crippen molar-refractivity contribution in [3.05, 3.63) is 59.7 Å². The van der Waals surface area contributed by atoms with Crippen LogP contribution >= 0.6 is 11.6 Å². The number of nitrogen functional groups attached to an aromatic ring is 1. The van der Waals surface area contributed by atoms with Crippen LogP contribution in [0.2, 0.25) is 5.02 Å². The number of nitro benzene ring substituents is 1. The number of sulfonamides is 1. The summed E-state index contributed by atoms with van der Waals surface area (Å²) in [5.41, 5.74) is 3.16. The molecule has 1 aliphatic heterocycles. The quantitative estimate of drug-likeness (QED) is 0.216. The Labute approximate surface area is 209 Å². The summed E-state index contributed by atoms with van der Waals surface area (Å²) in [6.07, 6.45) is 0.116. The lowest BCUT2D eigenvalue weighted by atomic mass is 9.98. The molecule has 0 unspecified atom stereocenters. The van der Waals surface area contributed by atoms with Crippen molar-refractivity contribution < 1.29 is 27.7 Å². The van der Waals surface area contributed by atoms with Gasteiger partial charge in [0.15, 0.2) is 6.61 Å². The maximum atomic E-state index is 13.0. The lowest BCUT2D eigenvalue weighted by Crippen LogP contribution is -2.42. The molecule has 1 aromatic heterocycles. The van der Waals surface area contributed by atoms with Gasteiger partial charge >= 0.3 is 11.7 Å². The second kappa shape index (κ2) is 10.2. The number of anilines is 1. The van der Waals surface area contributed by atoms with Crippen molar-refractivity contribution in [2.24, 2.45) is 20.0 Å². The minimum atomic E-state index is -4.17. The van der Waals surface area contributed by atoms with E-state index in [0.717, 1.165) is 27.1 Å². The summed E-state index contributed by atoms with van der Waals surface area (Å²) in [7, 11) is -1.71. The predicted molar refractivity (Wildman–Crippen MR) is 126 cm³/mol. The largest absolute Gasteiger partial charge is 0.457 e. The number of nitrogens with zero attached hydrogens (tertiary/aromatic N) is 4. The van der Waals surface area contributed by atoms with Crippen molar-refractivity contribution in [1.29, 1.82) is 0 Å². The molecule has 1 saturated heterocycles. The van der Waals surface area contributed by atoms with E-state index in [1.165, 1.54) is 14.1 Å². The number of ketones is 1. The number of benzene rings is 1. The molecule has 2 aromatic rings. The van der Waals surface area contributed by atoms with Crippen LogP contribution in [0.4, 0.5) is 11.5 Å². The van der Waals surface area contributed by atoms with Crippen molar-refractivity contribution in [2.45, 2.75) is 17.7 Å². The number of rotatable bonds is 7.